The second-order valence-electron chi connectivity index (χ2n) is 13.9. The van der Waals surface area contributed by atoms with Gasteiger partial charge in [-0.3, -0.25) is 0 Å². The lowest BCUT2D eigenvalue weighted by molar-refractivity contribution is 1.07. The van der Waals surface area contributed by atoms with Crippen LogP contribution in [-0.2, 0) is 0 Å². The smallest absolute Gasteiger partial charge is 0.164 e. The third-order valence-corrected chi connectivity index (χ3v) is 10.3. The molecule has 0 amide bonds. The highest BCUT2D eigenvalue weighted by Crippen LogP contribution is 2.39. The van der Waals surface area contributed by atoms with Crippen LogP contribution in [0.3, 0.4) is 0 Å². The van der Waals surface area contributed by atoms with Gasteiger partial charge < -0.3 is 0 Å². The summed E-state index contributed by atoms with van der Waals surface area (Å²) < 4.78 is 0. The standard InChI is InChI=1S/C52H34N4/c1-5-16-35(17-6-1)41-32-42(36-18-7-2-8-19-36)34-43(33-41)52-55-50(39-22-11-4-12-23-39)54-51(56-52)40-30-28-38(29-31-40)49-46-26-15-25-44(37-20-9-3-10-21-37)48(46)45-24-13-14-27-47(45)53-49/h1-34H. The first-order chi connectivity index (χ1) is 27.7. The molecule has 0 aliphatic carbocycles. The van der Waals surface area contributed by atoms with Gasteiger partial charge in [0.2, 0.25) is 0 Å². The summed E-state index contributed by atoms with van der Waals surface area (Å²) in [7, 11) is 0. The van der Waals surface area contributed by atoms with Gasteiger partial charge in [0.15, 0.2) is 17.5 Å². The SMILES string of the molecule is c1ccc(-c2cc(-c3ccccc3)cc(-c3nc(-c4ccccc4)nc(-c4ccc(-c5nc6ccccc6c6c(-c7ccccc7)cccc56)cc4)n3)c2)cc1. The van der Waals surface area contributed by atoms with E-state index in [-0.39, 0.29) is 0 Å². The van der Waals surface area contributed by atoms with Crippen molar-refractivity contribution in [3.8, 4) is 78.8 Å². The van der Waals surface area contributed by atoms with Crippen molar-refractivity contribution in [2.24, 2.45) is 0 Å². The van der Waals surface area contributed by atoms with Gasteiger partial charge in [-0.1, -0.05) is 182 Å². The average Bonchev–Trinajstić information content (AvgIpc) is 3.29. The number of hydrogen-bond acceptors (Lipinski definition) is 4. The van der Waals surface area contributed by atoms with Crippen LogP contribution in [0.1, 0.15) is 0 Å². The molecule has 10 rings (SSSR count). The lowest BCUT2D eigenvalue weighted by Gasteiger charge is -2.14. The average molecular weight is 715 g/mol. The lowest BCUT2D eigenvalue weighted by atomic mass is 9.93. The number of para-hydroxylation sites is 1. The van der Waals surface area contributed by atoms with E-state index in [1.165, 1.54) is 16.5 Å². The Bertz CT molecular complexity index is 2930. The van der Waals surface area contributed by atoms with Gasteiger partial charge in [0, 0.05) is 38.4 Å². The van der Waals surface area contributed by atoms with Crippen molar-refractivity contribution in [1.29, 1.82) is 0 Å². The highest BCUT2D eigenvalue weighted by Gasteiger charge is 2.17. The summed E-state index contributed by atoms with van der Waals surface area (Å²) in [5.41, 5.74) is 12.5. The molecule has 0 spiro atoms. The summed E-state index contributed by atoms with van der Waals surface area (Å²) in [6, 6.07) is 71.6. The molecule has 4 nitrogen and oxygen atoms in total. The van der Waals surface area contributed by atoms with Gasteiger partial charge in [0.05, 0.1) is 11.2 Å². The number of fused-ring (bicyclic) bond motifs is 3. The van der Waals surface area contributed by atoms with Gasteiger partial charge in [-0.15, -0.1) is 0 Å². The zero-order valence-corrected chi connectivity index (χ0v) is 30.4. The molecule has 0 saturated heterocycles. The van der Waals surface area contributed by atoms with E-state index in [1.54, 1.807) is 0 Å². The molecular formula is C52H34N4. The quantitative estimate of drug-likeness (QED) is 0.154. The first-order valence-corrected chi connectivity index (χ1v) is 18.8. The van der Waals surface area contributed by atoms with Crippen molar-refractivity contribution in [1.82, 2.24) is 19.9 Å². The Labute approximate surface area is 325 Å². The molecule has 0 atom stereocenters. The van der Waals surface area contributed by atoms with Gasteiger partial charge >= 0.3 is 0 Å². The minimum Gasteiger partial charge on any atom is -0.247 e. The molecule has 0 bridgehead atoms. The van der Waals surface area contributed by atoms with E-state index >= 15 is 0 Å². The van der Waals surface area contributed by atoms with Crippen molar-refractivity contribution in [2.45, 2.75) is 0 Å². The number of pyridine rings is 1. The zero-order chi connectivity index (χ0) is 37.3. The number of rotatable bonds is 7. The molecule has 0 fully saturated rings. The number of hydrogen-bond donors (Lipinski definition) is 0. The summed E-state index contributed by atoms with van der Waals surface area (Å²) in [5, 5.41) is 3.45. The molecule has 0 unspecified atom stereocenters. The van der Waals surface area contributed by atoms with Crippen LogP contribution < -0.4 is 0 Å². The molecule has 262 valence electrons. The predicted octanol–water partition coefficient (Wildman–Crippen LogP) is 13.2. The van der Waals surface area contributed by atoms with E-state index in [0.717, 1.165) is 66.5 Å². The summed E-state index contributed by atoms with van der Waals surface area (Å²) in [4.78, 5) is 20.6. The fourth-order valence-electron chi connectivity index (χ4n) is 7.56. The molecule has 8 aromatic carbocycles. The molecule has 0 aliphatic heterocycles. The minimum absolute atomic E-state index is 0.606. The van der Waals surface area contributed by atoms with Crippen molar-refractivity contribution in [3.05, 3.63) is 206 Å². The monoisotopic (exact) mass is 714 g/mol. The second kappa shape index (κ2) is 14.3. The molecule has 0 N–H and O–H groups in total. The van der Waals surface area contributed by atoms with Crippen molar-refractivity contribution < 1.29 is 0 Å². The van der Waals surface area contributed by atoms with Crippen molar-refractivity contribution >= 4 is 21.7 Å². The van der Waals surface area contributed by atoms with Crippen molar-refractivity contribution in [3.63, 3.8) is 0 Å². The molecule has 0 radical (unpaired) electrons. The molecule has 2 aromatic heterocycles. The van der Waals surface area contributed by atoms with Crippen LogP contribution in [0.5, 0.6) is 0 Å². The predicted molar refractivity (Wildman–Crippen MR) is 231 cm³/mol. The lowest BCUT2D eigenvalue weighted by Crippen LogP contribution is -2.00. The maximum Gasteiger partial charge on any atom is 0.164 e. The van der Waals surface area contributed by atoms with E-state index in [0.29, 0.717) is 17.5 Å². The normalized spacial score (nSPS) is 11.2. The Morgan fingerprint density at radius 2 is 0.679 bits per heavy atom. The molecule has 2 heterocycles. The molecule has 0 saturated carbocycles. The molecule has 4 heteroatoms. The highest BCUT2D eigenvalue weighted by atomic mass is 15.0. The topological polar surface area (TPSA) is 51.6 Å². The number of nitrogens with zero attached hydrogens (tertiary/aromatic N) is 4. The van der Waals surface area contributed by atoms with E-state index in [9.17, 15) is 0 Å². The van der Waals surface area contributed by atoms with Gasteiger partial charge in [0.25, 0.3) is 0 Å². The zero-order valence-electron chi connectivity index (χ0n) is 30.4. The third-order valence-electron chi connectivity index (χ3n) is 10.3. The molecular weight excluding hydrogens is 681 g/mol. The van der Waals surface area contributed by atoms with E-state index in [1.807, 2.05) is 42.5 Å². The maximum atomic E-state index is 5.24. The van der Waals surface area contributed by atoms with Crippen LogP contribution in [0.2, 0.25) is 0 Å². The fourth-order valence-corrected chi connectivity index (χ4v) is 7.56. The second-order valence-corrected chi connectivity index (χ2v) is 13.9. The molecule has 56 heavy (non-hydrogen) atoms. The van der Waals surface area contributed by atoms with Crippen LogP contribution >= 0.6 is 0 Å². The number of benzene rings is 8. The van der Waals surface area contributed by atoms with Gasteiger partial charge in [-0.25, -0.2) is 19.9 Å². The van der Waals surface area contributed by atoms with E-state index in [2.05, 4.69) is 164 Å². The fraction of sp³-hybridized carbons (Fsp3) is 0. The van der Waals surface area contributed by atoms with Crippen LogP contribution in [-0.4, -0.2) is 19.9 Å². The Morgan fingerprint density at radius 3 is 1.27 bits per heavy atom. The van der Waals surface area contributed by atoms with E-state index in [4.69, 9.17) is 19.9 Å². The summed E-state index contributed by atoms with van der Waals surface area (Å²) in [6.45, 7) is 0. The highest BCUT2D eigenvalue weighted by molar-refractivity contribution is 6.17. The molecule has 0 aliphatic rings. The summed E-state index contributed by atoms with van der Waals surface area (Å²) in [5.74, 6) is 1.84. The maximum absolute atomic E-state index is 5.24. The Balaban J connectivity index is 1.12. The van der Waals surface area contributed by atoms with Crippen molar-refractivity contribution in [2.75, 3.05) is 0 Å². The Morgan fingerprint density at radius 1 is 0.250 bits per heavy atom. The first-order valence-electron chi connectivity index (χ1n) is 18.8. The number of aromatic nitrogens is 4. The minimum atomic E-state index is 0.606. The van der Waals surface area contributed by atoms with Gasteiger partial charge in [-0.05, 0) is 57.6 Å². The Hall–Kier alpha value is -7.56. The Kier molecular flexibility index (Phi) is 8.47. The van der Waals surface area contributed by atoms with E-state index < -0.39 is 0 Å². The third kappa shape index (κ3) is 6.29. The van der Waals surface area contributed by atoms with Crippen LogP contribution in [0, 0.1) is 0 Å². The summed E-state index contributed by atoms with van der Waals surface area (Å²) in [6.07, 6.45) is 0. The summed E-state index contributed by atoms with van der Waals surface area (Å²) >= 11 is 0. The van der Waals surface area contributed by atoms with Gasteiger partial charge in [0.1, 0.15) is 0 Å². The van der Waals surface area contributed by atoms with Gasteiger partial charge in [-0.2, -0.15) is 0 Å². The first kappa shape index (κ1) is 33.0. The van der Waals surface area contributed by atoms with Crippen LogP contribution in [0.4, 0.5) is 0 Å². The van der Waals surface area contributed by atoms with Crippen LogP contribution in [0.15, 0.2) is 206 Å². The van der Waals surface area contributed by atoms with Crippen LogP contribution in [0.25, 0.3) is 100 Å². The molecule has 10 aromatic rings. The largest absolute Gasteiger partial charge is 0.247 e.